The second kappa shape index (κ2) is 3.25. The number of halogens is 2. The van der Waals surface area contributed by atoms with Crippen LogP contribution in [0.5, 0.6) is 0 Å². The molecule has 0 amide bonds. The van der Waals surface area contributed by atoms with Crippen LogP contribution >= 0.6 is 7.91 Å². The molecule has 0 saturated heterocycles. The van der Waals surface area contributed by atoms with Gasteiger partial charge in [0.1, 0.15) is 6.17 Å². The summed E-state index contributed by atoms with van der Waals surface area (Å²) in [6.45, 7) is 0.403. The van der Waals surface area contributed by atoms with Crippen molar-refractivity contribution in [1.82, 2.24) is 0 Å². The van der Waals surface area contributed by atoms with Crippen molar-refractivity contribution in [3.63, 3.8) is 0 Å². The Morgan fingerprint density at radius 2 is 2.33 bits per heavy atom. The van der Waals surface area contributed by atoms with E-state index in [0.29, 0.717) is 0 Å². The first-order valence-corrected chi connectivity index (χ1v) is 3.70. The summed E-state index contributed by atoms with van der Waals surface area (Å²) in [4.78, 5) is 7.77. The Kier molecular flexibility index (Phi) is 3.25. The van der Waals surface area contributed by atoms with Gasteiger partial charge in [-0.3, -0.25) is 9.42 Å². The van der Waals surface area contributed by atoms with Gasteiger partial charge in [0.25, 0.3) is 0 Å². The summed E-state index contributed by atoms with van der Waals surface area (Å²) in [5.41, 5.74) is 0. The molecule has 0 fully saturated rings. The zero-order valence-corrected chi connectivity index (χ0v) is 5.65. The van der Waals surface area contributed by atoms with Crippen LogP contribution in [0.2, 0.25) is 0 Å². The van der Waals surface area contributed by atoms with Crippen LogP contribution in [0.4, 0.5) is 8.59 Å². The molecule has 2 atom stereocenters. The van der Waals surface area contributed by atoms with Crippen LogP contribution in [0.3, 0.4) is 0 Å². The quantitative estimate of drug-likeness (QED) is 0.635. The van der Waals surface area contributed by atoms with Gasteiger partial charge >= 0.3 is 7.91 Å². The fraction of sp³-hybridized carbons (Fsp3) is 1.00. The molecule has 0 rings (SSSR count). The lowest BCUT2D eigenvalue weighted by Gasteiger charge is -2.02. The topological polar surface area (TPSA) is 46.5 Å². The van der Waals surface area contributed by atoms with Crippen LogP contribution < -0.4 is 0 Å². The summed E-state index contributed by atoms with van der Waals surface area (Å²) >= 11 is 0. The summed E-state index contributed by atoms with van der Waals surface area (Å²) < 4.78 is 36.4. The maximum absolute atomic E-state index is 11.7. The molecule has 6 heteroatoms. The molecule has 56 valence electrons. The smallest absolute Gasteiger partial charge is 0.299 e. The van der Waals surface area contributed by atoms with Crippen LogP contribution in [0.25, 0.3) is 0 Å². The van der Waals surface area contributed by atoms with Crippen molar-refractivity contribution in [2.45, 2.75) is 13.1 Å². The average Bonchev–Trinajstić information content (AvgIpc) is 1.59. The standard InChI is InChI=1S/C3H7F2O3P/c1-3(4)2-8-9(5,6)7/h3H,2H2,1H3,(H,6,7). The molecule has 0 aliphatic rings. The Morgan fingerprint density at radius 1 is 1.89 bits per heavy atom. The van der Waals surface area contributed by atoms with Crippen LogP contribution in [-0.4, -0.2) is 17.7 Å². The van der Waals surface area contributed by atoms with Crippen molar-refractivity contribution in [3.8, 4) is 0 Å². The summed E-state index contributed by atoms with van der Waals surface area (Å²) in [7, 11) is -4.96. The Bertz CT molecular complexity index is 120. The normalized spacial score (nSPS) is 20.9. The van der Waals surface area contributed by atoms with Gasteiger partial charge in [-0.05, 0) is 6.92 Å². The van der Waals surface area contributed by atoms with E-state index in [2.05, 4.69) is 4.52 Å². The minimum atomic E-state index is -4.96. The largest absolute Gasteiger partial charge is 0.510 e. The lowest BCUT2D eigenvalue weighted by Crippen LogP contribution is -2.02. The van der Waals surface area contributed by atoms with Gasteiger partial charge in [-0.25, -0.2) is 8.96 Å². The number of rotatable bonds is 3. The van der Waals surface area contributed by atoms with Crippen molar-refractivity contribution < 1.29 is 22.6 Å². The fourth-order valence-corrected chi connectivity index (χ4v) is 0.584. The van der Waals surface area contributed by atoms with Crippen molar-refractivity contribution in [1.29, 1.82) is 0 Å². The summed E-state index contributed by atoms with van der Waals surface area (Å²) in [5, 5.41) is 0. The summed E-state index contributed by atoms with van der Waals surface area (Å²) in [5.74, 6) is 0. The van der Waals surface area contributed by atoms with Crippen LogP contribution in [0.1, 0.15) is 6.92 Å². The lowest BCUT2D eigenvalue weighted by atomic mass is 10.5. The highest BCUT2D eigenvalue weighted by atomic mass is 31.2. The zero-order valence-electron chi connectivity index (χ0n) is 4.75. The zero-order chi connectivity index (χ0) is 7.49. The number of alkyl halides is 1. The highest BCUT2D eigenvalue weighted by Crippen LogP contribution is 2.43. The first kappa shape index (κ1) is 9.01. The van der Waals surface area contributed by atoms with Gasteiger partial charge in [0.2, 0.25) is 0 Å². The number of hydrogen-bond acceptors (Lipinski definition) is 2. The van der Waals surface area contributed by atoms with E-state index < -0.39 is 20.7 Å². The average molecular weight is 160 g/mol. The third-order valence-electron chi connectivity index (χ3n) is 0.463. The molecule has 0 bridgehead atoms. The Labute approximate surface area is 51.3 Å². The lowest BCUT2D eigenvalue weighted by molar-refractivity contribution is 0.169. The molecule has 0 aliphatic heterocycles. The molecule has 9 heavy (non-hydrogen) atoms. The Hall–Kier alpha value is 0.01000. The predicted octanol–water partition coefficient (Wildman–Crippen LogP) is 1.43. The molecule has 0 saturated carbocycles. The SMILES string of the molecule is CC(F)COP(=O)(O)F. The van der Waals surface area contributed by atoms with E-state index in [9.17, 15) is 13.2 Å². The van der Waals surface area contributed by atoms with Gasteiger partial charge in [0.15, 0.2) is 0 Å². The Balaban J connectivity index is 3.40. The minimum Gasteiger partial charge on any atom is -0.299 e. The maximum Gasteiger partial charge on any atom is 0.510 e. The molecule has 0 aromatic carbocycles. The second-order valence-corrected chi connectivity index (χ2v) is 2.69. The predicted molar refractivity (Wildman–Crippen MR) is 27.5 cm³/mol. The second-order valence-electron chi connectivity index (χ2n) is 1.53. The van der Waals surface area contributed by atoms with Crippen molar-refractivity contribution in [3.05, 3.63) is 0 Å². The molecular weight excluding hydrogens is 153 g/mol. The Morgan fingerprint density at radius 3 is 2.44 bits per heavy atom. The number of hydrogen-bond donors (Lipinski definition) is 1. The van der Waals surface area contributed by atoms with E-state index in [1.807, 2.05) is 0 Å². The van der Waals surface area contributed by atoms with Crippen molar-refractivity contribution >= 4 is 7.91 Å². The highest BCUT2D eigenvalue weighted by Gasteiger charge is 2.17. The molecule has 1 N–H and O–H groups in total. The van der Waals surface area contributed by atoms with Gasteiger partial charge in [0, 0.05) is 0 Å². The molecule has 0 heterocycles. The van der Waals surface area contributed by atoms with Crippen molar-refractivity contribution in [2.24, 2.45) is 0 Å². The van der Waals surface area contributed by atoms with Gasteiger partial charge in [-0.15, -0.1) is 4.20 Å². The van der Waals surface area contributed by atoms with E-state index >= 15 is 0 Å². The van der Waals surface area contributed by atoms with Gasteiger partial charge in [0.05, 0.1) is 6.61 Å². The summed E-state index contributed by atoms with van der Waals surface area (Å²) in [6, 6.07) is 0. The first-order valence-electron chi connectivity index (χ1n) is 2.23. The van der Waals surface area contributed by atoms with E-state index in [1.165, 1.54) is 0 Å². The highest BCUT2D eigenvalue weighted by molar-refractivity contribution is 7.46. The van der Waals surface area contributed by atoms with E-state index in [0.717, 1.165) is 6.92 Å². The van der Waals surface area contributed by atoms with E-state index in [1.54, 1.807) is 0 Å². The van der Waals surface area contributed by atoms with E-state index in [-0.39, 0.29) is 0 Å². The summed E-state index contributed by atoms with van der Waals surface area (Å²) in [6.07, 6.45) is -1.43. The molecule has 0 aromatic heterocycles. The molecule has 0 aromatic rings. The van der Waals surface area contributed by atoms with Gasteiger partial charge in [-0.1, -0.05) is 0 Å². The molecule has 2 unspecified atom stereocenters. The van der Waals surface area contributed by atoms with Gasteiger partial charge in [-0.2, -0.15) is 0 Å². The molecule has 0 aliphatic carbocycles. The first-order chi connectivity index (χ1) is 3.92. The molecule has 0 radical (unpaired) electrons. The fourth-order valence-electron chi connectivity index (χ4n) is 0.195. The maximum atomic E-state index is 11.7. The molecule has 0 spiro atoms. The monoisotopic (exact) mass is 160 g/mol. The van der Waals surface area contributed by atoms with E-state index in [4.69, 9.17) is 4.89 Å². The third kappa shape index (κ3) is 8.01. The van der Waals surface area contributed by atoms with Crippen LogP contribution in [-0.2, 0) is 9.09 Å². The van der Waals surface area contributed by atoms with Crippen LogP contribution in [0, 0.1) is 0 Å². The molecular formula is C3H7F2O3P. The minimum absolute atomic E-state index is 0.690. The van der Waals surface area contributed by atoms with Crippen molar-refractivity contribution in [2.75, 3.05) is 6.61 Å². The molecule has 3 nitrogen and oxygen atoms in total. The van der Waals surface area contributed by atoms with Gasteiger partial charge < -0.3 is 0 Å². The van der Waals surface area contributed by atoms with Crippen LogP contribution in [0.15, 0.2) is 0 Å². The third-order valence-corrected chi connectivity index (χ3v) is 0.931.